The van der Waals surface area contributed by atoms with Crippen molar-refractivity contribution in [2.75, 3.05) is 13.1 Å². The van der Waals surface area contributed by atoms with Gasteiger partial charge in [-0.2, -0.15) is 4.31 Å². The maximum Gasteiger partial charge on any atom is 0.315 e. The molecule has 0 unspecified atom stereocenters. The Hall–Kier alpha value is -1.51. The fourth-order valence-electron chi connectivity index (χ4n) is 3.93. The van der Waals surface area contributed by atoms with E-state index in [9.17, 15) is 13.2 Å². The minimum absolute atomic E-state index is 0.0603. The standard InChI is InChI=1S/C20H20Cl3N3O3S/c21-14-3-5-16(6-4-14)30(28,29)26-11-20(12-26)8-7-18(20)25-19(27)24-10-13-1-2-15(22)9-17(13)23/h1-6,9,18H,7-8,10-12H2,(H2,24,25,27)/t18-/m1/s1. The fraction of sp³-hybridized carbons (Fsp3) is 0.350. The first-order valence-corrected chi connectivity index (χ1v) is 12.0. The van der Waals surface area contributed by atoms with Crippen molar-refractivity contribution < 1.29 is 13.2 Å². The highest BCUT2D eigenvalue weighted by Gasteiger charge is 2.58. The molecule has 0 aromatic heterocycles. The molecule has 2 aliphatic rings. The largest absolute Gasteiger partial charge is 0.335 e. The second kappa shape index (κ2) is 8.20. The summed E-state index contributed by atoms with van der Waals surface area (Å²) in [4.78, 5) is 12.5. The number of carbonyl (C=O) groups excluding carboxylic acids is 1. The second-order valence-electron chi connectivity index (χ2n) is 7.74. The van der Waals surface area contributed by atoms with Gasteiger partial charge in [0.25, 0.3) is 0 Å². The lowest BCUT2D eigenvalue weighted by atomic mass is 9.60. The molecule has 1 atom stereocenters. The van der Waals surface area contributed by atoms with Crippen LogP contribution in [0.15, 0.2) is 47.4 Å². The summed E-state index contributed by atoms with van der Waals surface area (Å²) in [6.07, 6.45) is 1.71. The van der Waals surface area contributed by atoms with Gasteiger partial charge in [0.2, 0.25) is 10.0 Å². The van der Waals surface area contributed by atoms with Crippen LogP contribution < -0.4 is 10.6 Å². The molecule has 1 heterocycles. The van der Waals surface area contributed by atoms with Crippen molar-refractivity contribution in [3.8, 4) is 0 Å². The van der Waals surface area contributed by atoms with Gasteiger partial charge in [0.1, 0.15) is 0 Å². The van der Waals surface area contributed by atoms with E-state index in [4.69, 9.17) is 34.8 Å². The van der Waals surface area contributed by atoms with Gasteiger partial charge in [0.05, 0.1) is 4.90 Å². The maximum atomic E-state index is 12.8. The lowest BCUT2D eigenvalue weighted by Gasteiger charge is -2.59. The Balaban J connectivity index is 1.31. The van der Waals surface area contributed by atoms with E-state index in [2.05, 4.69) is 10.6 Å². The van der Waals surface area contributed by atoms with Crippen molar-refractivity contribution in [2.45, 2.75) is 30.3 Å². The molecule has 2 fully saturated rings. The molecule has 2 N–H and O–H groups in total. The minimum Gasteiger partial charge on any atom is -0.335 e. The molecule has 1 aliphatic heterocycles. The van der Waals surface area contributed by atoms with Crippen LogP contribution in [0.1, 0.15) is 18.4 Å². The van der Waals surface area contributed by atoms with E-state index in [0.717, 1.165) is 18.4 Å². The first kappa shape index (κ1) is 21.7. The first-order valence-electron chi connectivity index (χ1n) is 9.44. The molecule has 160 valence electrons. The number of carbonyl (C=O) groups is 1. The van der Waals surface area contributed by atoms with Crippen LogP contribution in [0.2, 0.25) is 15.1 Å². The van der Waals surface area contributed by atoms with Crippen LogP contribution >= 0.6 is 34.8 Å². The molecule has 1 spiro atoms. The summed E-state index contributed by atoms with van der Waals surface area (Å²) in [5, 5.41) is 7.28. The molecule has 1 saturated carbocycles. The van der Waals surface area contributed by atoms with E-state index >= 15 is 0 Å². The molecule has 2 aromatic rings. The third-order valence-electron chi connectivity index (χ3n) is 5.86. The van der Waals surface area contributed by atoms with Crippen molar-refractivity contribution in [3.63, 3.8) is 0 Å². The summed E-state index contributed by atoms with van der Waals surface area (Å²) in [7, 11) is -3.55. The van der Waals surface area contributed by atoms with Gasteiger partial charge in [0, 0.05) is 46.2 Å². The number of nitrogens with one attached hydrogen (secondary N) is 2. The summed E-state index contributed by atoms with van der Waals surface area (Å²) >= 11 is 17.9. The third-order valence-corrected chi connectivity index (χ3v) is 8.51. The summed E-state index contributed by atoms with van der Waals surface area (Å²) in [5.41, 5.74) is 0.567. The van der Waals surface area contributed by atoms with Crippen LogP contribution in [0, 0.1) is 5.41 Å². The summed E-state index contributed by atoms with van der Waals surface area (Å²) in [6, 6.07) is 10.9. The zero-order chi connectivity index (χ0) is 21.5. The minimum atomic E-state index is -3.55. The van der Waals surface area contributed by atoms with Crippen LogP contribution in [-0.4, -0.2) is 37.9 Å². The lowest BCUT2D eigenvalue weighted by Crippen LogP contribution is -2.71. The zero-order valence-electron chi connectivity index (χ0n) is 15.9. The molecule has 0 bridgehead atoms. The summed E-state index contributed by atoms with van der Waals surface area (Å²) < 4.78 is 27.0. The average molecular weight is 489 g/mol. The predicted octanol–water partition coefficient (Wildman–Crippen LogP) is 4.30. The van der Waals surface area contributed by atoms with E-state index < -0.39 is 10.0 Å². The third kappa shape index (κ3) is 4.14. The number of amides is 2. The monoisotopic (exact) mass is 487 g/mol. The van der Waals surface area contributed by atoms with Crippen LogP contribution in [0.5, 0.6) is 0 Å². The highest BCUT2D eigenvalue weighted by molar-refractivity contribution is 7.89. The van der Waals surface area contributed by atoms with E-state index in [1.54, 1.807) is 30.3 Å². The number of nitrogens with zero attached hydrogens (tertiary/aromatic N) is 1. The molecule has 1 saturated heterocycles. The molecular weight excluding hydrogens is 469 g/mol. The molecule has 10 heteroatoms. The number of rotatable bonds is 5. The first-order chi connectivity index (χ1) is 14.2. The molecule has 1 aliphatic carbocycles. The molecule has 4 rings (SSSR count). The van der Waals surface area contributed by atoms with E-state index in [1.807, 2.05) is 0 Å². The van der Waals surface area contributed by atoms with E-state index in [-0.39, 0.29) is 28.9 Å². The van der Waals surface area contributed by atoms with E-state index in [1.165, 1.54) is 16.4 Å². The lowest BCUT2D eigenvalue weighted by molar-refractivity contribution is -0.0418. The normalized spacial score (nSPS) is 20.3. The SMILES string of the molecule is O=C(NCc1ccc(Cl)cc1Cl)N[C@@H]1CCC12CN(S(=O)(=O)c1ccc(Cl)cc1)C2. The zero-order valence-corrected chi connectivity index (χ0v) is 19.0. The molecule has 2 aromatic carbocycles. The average Bonchev–Trinajstić information content (AvgIpc) is 2.64. The van der Waals surface area contributed by atoms with Crippen molar-refractivity contribution >= 4 is 50.9 Å². The predicted molar refractivity (Wildman–Crippen MR) is 117 cm³/mol. The van der Waals surface area contributed by atoms with Gasteiger partial charge in [0.15, 0.2) is 0 Å². The highest BCUT2D eigenvalue weighted by atomic mass is 35.5. The van der Waals surface area contributed by atoms with Crippen molar-refractivity contribution in [2.24, 2.45) is 5.41 Å². The van der Waals surface area contributed by atoms with Crippen molar-refractivity contribution in [1.29, 1.82) is 0 Å². The smallest absolute Gasteiger partial charge is 0.315 e. The van der Waals surface area contributed by atoms with Gasteiger partial charge in [-0.15, -0.1) is 0 Å². The number of sulfonamides is 1. The number of urea groups is 1. The second-order valence-corrected chi connectivity index (χ2v) is 11.0. The van der Waals surface area contributed by atoms with Gasteiger partial charge in [-0.3, -0.25) is 0 Å². The molecule has 6 nitrogen and oxygen atoms in total. The van der Waals surface area contributed by atoms with Crippen LogP contribution in [0.25, 0.3) is 0 Å². The molecular formula is C20H20Cl3N3O3S. The number of benzene rings is 2. The van der Waals surface area contributed by atoms with Crippen LogP contribution in [-0.2, 0) is 16.6 Å². The summed E-state index contributed by atoms with van der Waals surface area (Å²) in [5.74, 6) is 0. The topological polar surface area (TPSA) is 78.5 Å². The maximum absolute atomic E-state index is 12.8. The quantitative estimate of drug-likeness (QED) is 0.659. The van der Waals surface area contributed by atoms with E-state index in [0.29, 0.717) is 28.2 Å². The Morgan fingerprint density at radius 3 is 2.33 bits per heavy atom. The van der Waals surface area contributed by atoms with Gasteiger partial charge in [-0.05, 0) is 54.8 Å². The van der Waals surface area contributed by atoms with Crippen molar-refractivity contribution in [1.82, 2.24) is 14.9 Å². The number of hydrogen-bond acceptors (Lipinski definition) is 3. The molecule has 0 radical (unpaired) electrons. The van der Waals surface area contributed by atoms with Gasteiger partial charge < -0.3 is 10.6 Å². The van der Waals surface area contributed by atoms with Gasteiger partial charge in [-0.1, -0.05) is 40.9 Å². The fourth-order valence-corrected chi connectivity index (χ4v) is 6.17. The number of halogens is 3. The van der Waals surface area contributed by atoms with Crippen LogP contribution in [0.3, 0.4) is 0 Å². The Morgan fingerprint density at radius 1 is 1.07 bits per heavy atom. The molecule has 30 heavy (non-hydrogen) atoms. The number of hydrogen-bond donors (Lipinski definition) is 2. The Bertz CT molecular complexity index is 1070. The van der Waals surface area contributed by atoms with Gasteiger partial charge >= 0.3 is 6.03 Å². The summed E-state index contributed by atoms with van der Waals surface area (Å²) in [6.45, 7) is 1.07. The molecule has 2 amide bonds. The Kier molecular flexibility index (Phi) is 5.94. The van der Waals surface area contributed by atoms with Crippen molar-refractivity contribution in [3.05, 3.63) is 63.1 Å². The highest BCUT2D eigenvalue weighted by Crippen LogP contribution is 2.50. The Morgan fingerprint density at radius 2 is 1.73 bits per heavy atom. The Labute approximate surface area is 190 Å². The van der Waals surface area contributed by atoms with Crippen LogP contribution in [0.4, 0.5) is 4.79 Å². The van der Waals surface area contributed by atoms with Gasteiger partial charge in [-0.25, -0.2) is 13.2 Å².